The highest BCUT2D eigenvalue weighted by molar-refractivity contribution is 8.93. The van der Waals surface area contributed by atoms with E-state index in [4.69, 9.17) is 17.2 Å². The molecule has 0 bridgehead atoms. The largest absolute Gasteiger partial charge is 0.330 e. The fraction of sp³-hybridized carbons (Fsp3) is 1.00. The van der Waals surface area contributed by atoms with Crippen molar-refractivity contribution < 1.29 is 4.70 Å². The third-order valence-corrected chi connectivity index (χ3v) is 2.42. The predicted octanol–water partition coefficient (Wildman–Crippen LogP) is 4.56. The molecule has 0 aliphatic carbocycles. The summed E-state index contributed by atoms with van der Waals surface area (Å²) in [5, 5.41) is 0. The van der Waals surface area contributed by atoms with Gasteiger partial charge in [0.2, 0.25) is 0 Å². The maximum atomic E-state index is 5.21. The molecule has 0 rings (SSSR count). The zero-order valence-corrected chi connectivity index (χ0v) is 17.0. The van der Waals surface area contributed by atoms with Crippen LogP contribution in [0.4, 0.5) is 4.70 Å². The van der Waals surface area contributed by atoms with Crippen LogP contribution >= 0.6 is 29.4 Å². The van der Waals surface area contributed by atoms with Gasteiger partial charge in [0.1, 0.15) is 0 Å². The second-order valence-corrected chi connectivity index (χ2v) is 4.49. The first-order valence-electron chi connectivity index (χ1n) is 7.85. The quantitative estimate of drug-likeness (QED) is 0.498. The Labute approximate surface area is 149 Å². The highest BCUT2D eigenvalue weighted by atomic mass is 79.9. The second-order valence-electron chi connectivity index (χ2n) is 4.49. The highest BCUT2D eigenvalue weighted by Gasteiger charge is 1.76. The average Bonchev–Trinajstić information content (AvgIpc) is 2.42. The van der Waals surface area contributed by atoms with E-state index in [-0.39, 0.29) is 34.1 Å². The number of unbranched alkanes of at least 4 members (excludes halogenated alkanes) is 6. The fourth-order valence-electron chi connectivity index (χ4n) is 1.18. The Morgan fingerprint density at radius 1 is 0.524 bits per heavy atom. The minimum atomic E-state index is 0. The van der Waals surface area contributed by atoms with Crippen molar-refractivity contribution >= 4 is 29.4 Å². The van der Waals surface area contributed by atoms with Crippen molar-refractivity contribution in [3.63, 3.8) is 0 Å². The molecule has 6 heteroatoms. The van der Waals surface area contributed by atoms with E-state index in [1.165, 1.54) is 57.8 Å². The van der Waals surface area contributed by atoms with Crippen molar-refractivity contribution in [3.8, 4) is 0 Å². The summed E-state index contributed by atoms with van der Waals surface area (Å²) in [6, 6.07) is 0. The molecule has 0 unspecified atom stereocenters. The van der Waals surface area contributed by atoms with Crippen molar-refractivity contribution in [2.24, 2.45) is 17.2 Å². The van der Waals surface area contributed by atoms with Gasteiger partial charge in [0.25, 0.3) is 0 Å². The molecule has 0 atom stereocenters. The van der Waals surface area contributed by atoms with Gasteiger partial charge in [-0.25, -0.2) is 0 Å². The summed E-state index contributed by atoms with van der Waals surface area (Å²) in [4.78, 5) is 0. The SMILES string of the molecule is Br.CCCCCN.CCCCCN.CCCCCN.Cl.F. The molecule has 138 valence electrons. The van der Waals surface area contributed by atoms with E-state index in [0.717, 1.165) is 19.6 Å². The number of hydrogen-bond donors (Lipinski definition) is 3. The zero-order valence-electron chi connectivity index (χ0n) is 14.4. The van der Waals surface area contributed by atoms with E-state index in [1.54, 1.807) is 0 Å². The van der Waals surface area contributed by atoms with E-state index < -0.39 is 0 Å². The topological polar surface area (TPSA) is 78.1 Å². The third kappa shape index (κ3) is 77.4. The molecular weight excluding hydrogens is 357 g/mol. The van der Waals surface area contributed by atoms with E-state index in [1.807, 2.05) is 0 Å². The van der Waals surface area contributed by atoms with Crippen molar-refractivity contribution in [2.75, 3.05) is 19.6 Å². The molecule has 0 fully saturated rings. The van der Waals surface area contributed by atoms with Gasteiger partial charge >= 0.3 is 0 Å². The maximum Gasteiger partial charge on any atom is -0.00773 e. The van der Waals surface area contributed by atoms with Crippen LogP contribution in [-0.4, -0.2) is 19.6 Å². The smallest absolute Gasteiger partial charge is 0.00773 e. The number of rotatable bonds is 9. The summed E-state index contributed by atoms with van der Waals surface area (Å²) < 4.78 is 0. The van der Waals surface area contributed by atoms with E-state index in [0.29, 0.717) is 0 Å². The van der Waals surface area contributed by atoms with Crippen LogP contribution in [0.2, 0.25) is 0 Å². The first-order valence-corrected chi connectivity index (χ1v) is 7.85. The molecule has 0 amide bonds. The summed E-state index contributed by atoms with van der Waals surface area (Å²) in [5.74, 6) is 0. The van der Waals surface area contributed by atoms with Gasteiger partial charge in [-0.2, -0.15) is 0 Å². The van der Waals surface area contributed by atoms with Crippen molar-refractivity contribution in [2.45, 2.75) is 78.6 Å². The lowest BCUT2D eigenvalue weighted by molar-refractivity contribution is 0.727. The van der Waals surface area contributed by atoms with E-state index >= 15 is 0 Å². The summed E-state index contributed by atoms with van der Waals surface area (Å²) in [7, 11) is 0. The molecule has 6 N–H and O–H groups in total. The van der Waals surface area contributed by atoms with Crippen molar-refractivity contribution in [3.05, 3.63) is 0 Å². The van der Waals surface area contributed by atoms with Gasteiger partial charge in [-0.05, 0) is 38.9 Å². The molecule has 0 spiro atoms. The molecule has 0 aromatic heterocycles. The lowest BCUT2D eigenvalue weighted by Crippen LogP contribution is -1.96. The molecule has 21 heavy (non-hydrogen) atoms. The molecule has 0 aromatic carbocycles. The van der Waals surface area contributed by atoms with Crippen LogP contribution in [0.5, 0.6) is 0 Å². The molecular formula is C15H42BrClFN3. The molecule has 0 saturated heterocycles. The van der Waals surface area contributed by atoms with Crippen LogP contribution < -0.4 is 17.2 Å². The maximum absolute atomic E-state index is 5.21. The van der Waals surface area contributed by atoms with Crippen molar-refractivity contribution in [1.29, 1.82) is 0 Å². The molecule has 0 heterocycles. The summed E-state index contributed by atoms with van der Waals surface area (Å²) >= 11 is 0. The Morgan fingerprint density at radius 2 is 0.714 bits per heavy atom. The Kier molecular flexibility index (Phi) is 89.4. The summed E-state index contributed by atoms with van der Waals surface area (Å²) in [6.07, 6.45) is 11.3. The van der Waals surface area contributed by atoms with Gasteiger partial charge in [0, 0.05) is 0 Å². The predicted molar refractivity (Wildman–Crippen MR) is 106 cm³/mol. The number of nitrogens with two attached hydrogens (primary N) is 3. The third-order valence-electron chi connectivity index (χ3n) is 2.42. The lowest BCUT2D eigenvalue weighted by Gasteiger charge is -1.86. The van der Waals surface area contributed by atoms with Gasteiger partial charge in [0.05, 0.1) is 0 Å². The van der Waals surface area contributed by atoms with Crippen molar-refractivity contribution in [1.82, 2.24) is 0 Å². The first-order chi connectivity index (χ1) is 8.74. The van der Waals surface area contributed by atoms with Gasteiger partial charge in [-0.15, -0.1) is 29.4 Å². The zero-order chi connectivity index (χ0) is 14.5. The standard InChI is InChI=1S/3C5H13N.BrH.ClH.FH/c3*1-2-3-4-5-6;;;/h3*2-6H2,1H3;3*1H. The average molecular weight is 399 g/mol. The van der Waals surface area contributed by atoms with E-state index in [2.05, 4.69) is 20.8 Å². The molecule has 0 aliphatic rings. The Hall–Kier alpha value is 0.580. The molecule has 3 nitrogen and oxygen atoms in total. The second kappa shape index (κ2) is 49.9. The minimum Gasteiger partial charge on any atom is -0.330 e. The van der Waals surface area contributed by atoms with Crippen LogP contribution in [0.1, 0.15) is 78.6 Å². The normalized spacial score (nSPS) is 7.71. The first kappa shape index (κ1) is 37.7. The summed E-state index contributed by atoms with van der Waals surface area (Å²) in [6.45, 7) is 9.09. The highest BCUT2D eigenvalue weighted by Crippen LogP contribution is 1.89. The molecule has 0 saturated carbocycles. The fourth-order valence-corrected chi connectivity index (χ4v) is 1.18. The van der Waals surface area contributed by atoms with Crippen LogP contribution in [0, 0.1) is 0 Å². The minimum absolute atomic E-state index is 0. The van der Waals surface area contributed by atoms with Gasteiger partial charge in [0.15, 0.2) is 0 Å². The molecule has 0 aliphatic heterocycles. The number of halogens is 3. The van der Waals surface area contributed by atoms with Gasteiger partial charge in [-0.3, -0.25) is 4.70 Å². The summed E-state index contributed by atoms with van der Waals surface area (Å²) in [5.41, 5.74) is 15.6. The number of hydrogen-bond acceptors (Lipinski definition) is 3. The van der Waals surface area contributed by atoms with Gasteiger partial charge in [-0.1, -0.05) is 59.3 Å². The van der Waals surface area contributed by atoms with Crippen LogP contribution in [-0.2, 0) is 0 Å². The lowest BCUT2D eigenvalue weighted by atomic mass is 10.3. The Balaban J connectivity index is -0.0000000375. The van der Waals surface area contributed by atoms with Crippen LogP contribution in [0.15, 0.2) is 0 Å². The van der Waals surface area contributed by atoms with Gasteiger partial charge < -0.3 is 17.2 Å². The molecule has 0 radical (unpaired) electrons. The Bertz CT molecular complexity index is 83.9. The molecule has 0 aromatic rings. The monoisotopic (exact) mass is 397 g/mol. The van der Waals surface area contributed by atoms with Crippen LogP contribution in [0.25, 0.3) is 0 Å². The van der Waals surface area contributed by atoms with E-state index in [9.17, 15) is 0 Å². The Morgan fingerprint density at radius 3 is 0.762 bits per heavy atom. The van der Waals surface area contributed by atoms with Crippen LogP contribution in [0.3, 0.4) is 0 Å².